The maximum atomic E-state index is 12.5. The standard InChI is InChI=1S/C14H18ClNO7S/c1-7(17)22-5-8-6-24(20,21)12-9(15)11(18)16(12)10(8)13(19)23-14(2,3)4/h9,12H,5-6H2,1-4H3/t9-,12-/m0/s1. The molecule has 1 fully saturated rings. The minimum Gasteiger partial charge on any atom is -0.461 e. The highest BCUT2D eigenvalue weighted by Crippen LogP contribution is 2.40. The van der Waals surface area contributed by atoms with E-state index in [0.29, 0.717) is 0 Å². The molecule has 0 aromatic carbocycles. The van der Waals surface area contributed by atoms with Gasteiger partial charge in [-0.2, -0.15) is 0 Å². The van der Waals surface area contributed by atoms with Crippen molar-refractivity contribution in [1.82, 2.24) is 4.90 Å². The van der Waals surface area contributed by atoms with Gasteiger partial charge in [-0.3, -0.25) is 14.5 Å². The molecule has 134 valence electrons. The van der Waals surface area contributed by atoms with E-state index in [1.807, 2.05) is 0 Å². The number of amides is 1. The fraction of sp³-hybridized carbons (Fsp3) is 0.643. The summed E-state index contributed by atoms with van der Waals surface area (Å²) in [4.78, 5) is 36.3. The highest BCUT2D eigenvalue weighted by Gasteiger charge is 2.59. The first-order valence-corrected chi connectivity index (χ1v) is 9.28. The van der Waals surface area contributed by atoms with Gasteiger partial charge in [0.05, 0.1) is 5.75 Å². The Morgan fingerprint density at radius 2 is 1.92 bits per heavy atom. The van der Waals surface area contributed by atoms with Gasteiger partial charge in [0.1, 0.15) is 23.3 Å². The minimum atomic E-state index is -3.80. The number of β-lactam (4-membered cyclic amide) rings is 1. The molecule has 0 aromatic rings. The van der Waals surface area contributed by atoms with Gasteiger partial charge >= 0.3 is 11.9 Å². The van der Waals surface area contributed by atoms with E-state index in [2.05, 4.69) is 0 Å². The number of hydrogen-bond acceptors (Lipinski definition) is 7. The number of nitrogens with zero attached hydrogens (tertiary/aromatic N) is 1. The lowest BCUT2D eigenvalue weighted by Crippen LogP contribution is -2.68. The van der Waals surface area contributed by atoms with Crippen LogP contribution in [0.4, 0.5) is 0 Å². The molecule has 0 bridgehead atoms. The second-order valence-electron chi connectivity index (χ2n) is 6.54. The van der Waals surface area contributed by atoms with Gasteiger partial charge in [0.15, 0.2) is 15.2 Å². The summed E-state index contributed by atoms with van der Waals surface area (Å²) in [5.74, 6) is -2.74. The van der Waals surface area contributed by atoms with E-state index in [1.165, 1.54) is 0 Å². The molecule has 8 nitrogen and oxygen atoms in total. The van der Waals surface area contributed by atoms with Crippen molar-refractivity contribution in [3.63, 3.8) is 0 Å². The number of ether oxygens (including phenoxy) is 2. The fourth-order valence-electron chi connectivity index (χ4n) is 2.44. The molecule has 2 atom stereocenters. The zero-order chi connectivity index (χ0) is 18.4. The van der Waals surface area contributed by atoms with Gasteiger partial charge in [-0.1, -0.05) is 0 Å². The van der Waals surface area contributed by atoms with Gasteiger partial charge in [-0.15, -0.1) is 11.6 Å². The van der Waals surface area contributed by atoms with E-state index in [0.717, 1.165) is 11.8 Å². The molecule has 24 heavy (non-hydrogen) atoms. The van der Waals surface area contributed by atoms with Crippen LogP contribution in [0.25, 0.3) is 0 Å². The van der Waals surface area contributed by atoms with Crippen molar-refractivity contribution in [2.24, 2.45) is 0 Å². The lowest BCUT2D eigenvalue weighted by atomic mass is 10.1. The van der Waals surface area contributed by atoms with Crippen LogP contribution >= 0.6 is 11.6 Å². The van der Waals surface area contributed by atoms with Crippen molar-refractivity contribution in [2.75, 3.05) is 12.4 Å². The number of sulfone groups is 1. The highest BCUT2D eigenvalue weighted by molar-refractivity contribution is 7.92. The molecule has 2 heterocycles. The Labute approximate surface area is 144 Å². The molecule has 0 N–H and O–H groups in total. The topological polar surface area (TPSA) is 107 Å². The highest BCUT2D eigenvalue weighted by atomic mass is 35.5. The summed E-state index contributed by atoms with van der Waals surface area (Å²) in [7, 11) is -3.80. The molecule has 0 saturated carbocycles. The maximum Gasteiger partial charge on any atom is 0.355 e. The summed E-state index contributed by atoms with van der Waals surface area (Å²) in [6, 6.07) is 0. The predicted molar refractivity (Wildman–Crippen MR) is 83.6 cm³/mol. The average molecular weight is 380 g/mol. The first kappa shape index (κ1) is 18.7. The largest absolute Gasteiger partial charge is 0.461 e. The number of halogens is 1. The molecule has 0 unspecified atom stereocenters. The molecular formula is C14H18ClNO7S. The molecular weight excluding hydrogens is 362 g/mol. The summed E-state index contributed by atoms with van der Waals surface area (Å²) < 4.78 is 34.7. The van der Waals surface area contributed by atoms with Crippen molar-refractivity contribution < 1.29 is 32.3 Å². The molecule has 2 rings (SSSR count). The Kier molecular flexibility index (Phi) is 4.71. The number of carbonyl (C=O) groups is 3. The van der Waals surface area contributed by atoms with Crippen LogP contribution in [0, 0.1) is 0 Å². The van der Waals surface area contributed by atoms with Gasteiger partial charge in [-0.25, -0.2) is 13.2 Å². The van der Waals surface area contributed by atoms with Gasteiger partial charge in [0, 0.05) is 12.5 Å². The summed E-state index contributed by atoms with van der Waals surface area (Å²) in [6.45, 7) is 5.63. The lowest BCUT2D eigenvalue weighted by Gasteiger charge is -2.47. The van der Waals surface area contributed by atoms with E-state index >= 15 is 0 Å². The Morgan fingerprint density at radius 1 is 1.33 bits per heavy atom. The predicted octanol–water partition coefficient (Wildman–Crippen LogP) is 0.349. The Morgan fingerprint density at radius 3 is 2.42 bits per heavy atom. The number of alkyl halides is 1. The molecule has 0 aliphatic carbocycles. The Hall–Kier alpha value is -1.61. The molecule has 2 aliphatic heterocycles. The number of esters is 2. The van der Waals surface area contributed by atoms with Crippen LogP contribution < -0.4 is 0 Å². The van der Waals surface area contributed by atoms with E-state index in [9.17, 15) is 22.8 Å². The maximum absolute atomic E-state index is 12.5. The summed E-state index contributed by atoms with van der Waals surface area (Å²) >= 11 is 5.81. The summed E-state index contributed by atoms with van der Waals surface area (Å²) in [5.41, 5.74) is -1.07. The van der Waals surface area contributed by atoms with Crippen LogP contribution in [0.15, 0.2) is 11.3 Å². The fourth-order valence-corrected chi connectivity index (χ4v) is 5.02. The monoisotopic (exact) mass is 379 g/mol. The van der Waals surface area contributed by atoms with Crippen molar-refractivity contribution in [3.8, 4) is 0 Å². The number of hydrogen-bond donors (Lipinski definition) is 0. The number of fused-ring (bicyclic) bond motifs is 1. The Balaban J connectivity index is 2.48. The van der Waals surface area contributed by atoms with Gasteiger partial charge < -0.3 is 9.47 Å². The molecule has 2 aliphatic rings. The molecule has 0 spiro atoms. The molecule has 0 radical (unpaired) electrons. The van der Waals surface area contributed by atoms with Crippen molar-refractivity contribution >= 4 is 39.3 Å². The van der Waals surface area contributed by atoms with Crippen LogP contribution in [0.3, 0.4) is 0 Å². The van der Waals surface area contributed by atoms with Crippen molar-refractivity contribution in [1.29, 1.82) is 0 Å². The summed E-state index contributed by atoms with van der Waals surface area (Å²) in [5, 5.41) is -2.56. The normalized spacial score (nSPS) is 25.7. The van der Waals surface area contributed by atoms with Crippen LogP contribution in [-0.2, 0) is 33.7 Å². The molecule has 1 amide bonds. The van der Waals surface area contributed by atoms with Gasteiger partial charge in [0.2, 0.25) is 5.91 Å². The van der Waals surface area contributed by atoms with Crippen LogP contribution in [0.1, 0.15) is 27.7 Å². The third kappa shape index (κ3) is 3.41. The first-order chi connectivity index (χ1) is 10.8. The quantitative estimate of drug-likeness (QED) is 0.395. The van der Waals surface area contributed by atoms with Crippen LogP contribution in [-0.4, -0.2) is 59.9 Å². The zero-order valence-corrected chi connectivity index (χ0v) is 15.2. The van der Waals surface area contributed by atoms with Gasteiger partial charge in [0.25, 0.3) is 0 Å². The SMILES string of the molecule is CC(=O)OCC1=C(C(=O)OC(C)(C)C)N2C(=O)[C@H](Cl)[C@@H]2S(=O)(=O)C1. The first-order valence-electron chi connectivity index (χ1n) is 7.12. The Bertz CT molecular complexity index is 735. The molecule has 0 aromatic heterocycles. The lowest BCUT2D eigenvalue weighted by molar-refractivity contribution is -0.157. The molecule has 1 saturated heterocycles. The van der Waals surface area contributed by atoms with E-state index in [-0.39, 0.29) is 11.3 Å². The van der Waals surface area contributed by atoms with Crippen LogP contribution in [0.5, 0.6) is 0 Å². The zero-order valence-electron chi connectivity index (χ0n) is 13.7. The van der Waals surface area contributed by atoms with E-state index in [1.54, 1.807) is 20.8 Å². The third-order valence-corrected chi connectivity index (χ3v) is 5.88. The number of carbonyl (C=O) groups excluding carboxylic acids is 3. The second-order valence-corrected chi connectivity index (χ2v) is 9.11. The van der Waals surface area contributed by atoms with Crippen molar-refractivity contribution in [3.05, 3.63) is 11.3 Å². The van der Waals surface area contributed by atoms with Crippen molar-refractivity contribution in [2.45, 2.75) is 44.0 Å². The van der Waals surface area contributed by atoms with Gasteiger partial charge in [-0.05, 0) is 20.8 Å². The van der Waals surface area contributed by atoms with E-state index < -0.39 is 56.4 Å². The average Bonchev–Trinajstić information content (AvgIpc) is 2.40. The second kappa shape index (κ2) is 6.03. The third-order valence-electron chi connectivity index (χ3n) is 3.34. The molecule has 10 heteroatoms. The van der Waals surface area contributed by atoms with Crippen LogP contribution in [0.2, 0.25) is 0 Å². The summed E-state index contributed by atoms with van der Waals surface area (Å²) in [6.07, 6.45) is 0. The minimum absolute atomic E-state index is 0.00684. The number of rotatable bonds is 3. The smallest absolute Gasteiger partial charge is 0.355 e. The van der Waals surface area contributed by atoms with E-state index in [4.69, 9.17) is 21.1 Å².